The summed E-state index contributed by atoms with van der Waals surface area (Å²) in [6.07, 6.45) is 4.34. The van der Waals surface area contributed by atoms with Crippen molar-refractivity contribution in [3.05, 3.63) is 96.2 Å². The lowest BCUT2D eigenvalue weighted by Crippen LogP contribution is -2.19. The normalized spacial score (nSPS) is 16.4. The molecule has 0 radical (unpaired) electrons. The highest BCUT2D eigenvalue weighted by molar-refractivity contribution is 5.90. The number of benzene rings is 3. The predicted octanol–water partition coefficient (Wildman–Crippen LogP) is 6.98. The molecule has 2 fully saturated rings. The van der Waals surface area contributed by atoms with Crippen LogP contribution >= 0.6 is 0 Å². The second-order valence-electron chi connectivity index (χ2n) is 10.2. The third-order valence-corrected chi connectivity index (χ3v) is 7.59. The molecule has 0 aliphatic heterocycles. The summed E-state index contributed by atoms with van der Waals surface area (Å²) in [5.41, 5.74) is 4.91. The first-order chi connectivity index (χ1) is 18.4. The Labute approximate surface area is 221 Å². The Morgan fingerprint density at radius 1 is 0.947 bits per heavy atom. The molecular weight excluding hydrogens is 478 g/mol. The van der Waals surface area contributed by atoms with Crippen molar-refractivity contribution in [2.45, 2.75) is 50.2 Å². The largest absolute Gasteiger partial charge is 0.481 e. The number of hydrogen-bond acceptors (Lipinski definition) is 4. The van der Waals surface area contributed by atoms with E-state index < -0.39 is 17.5 Å². The highest BCUT2D eigenvalue weighted by atomic mass is 16.6. The van der Waals surface area contributed by atoms with E-state index in [9.17, 15) is 14.7 Å². The van der Waals surface area contributed by atoms with Gasteiger partial charge in [-0.3, -0.25) is 10.1 Å². The molecule has 1 heterocycles. The molecule has 2 aliphatic carbocycles. The molecule has 2 aliphatic rings. The number of carbonyl (C=O) groups is 2. The van der Waals surface area contributed by atoms with Crippen LogP contribution in [-0.4, -0.2) is 26.9 Å². The summed E-state index contributed by atoms with van der Waals surface area (Å²) in [6.45, 7) is 1.85. The number of carboxylic acid groups (broad SMARTS) is 1. The number of aromatic nitrogens is 2. The van der Waals surface area contributed by atoms with Gasteiger partial charge in [-0.05, 0) is 60.4 Å². The second kappa shape index (κ2) is 9.49. The molecule has 38 heavy (non-hydrogen) atoms. The maximum Gasteiger partial charge on any atom is 0.413 e. The minimum atomic E-state index is -0.746. The first-order valence-electron chi connectivity index (χ1n) is 13.0. The summed E-state index contributed by atoms with van der Waals surface area (Å²) in [5.74, 6) is -0.109. The number of nitrogens with one attached hydrogen (secondary N) is 1. The van der Waals surface area contributed by atoms with E-state index in [1.54, 1.807) is 6.20 Å². The number of hydrogen-bond donors (Lipinski definition) is 2. The molecule has 0 saturated heterocycles. The molecule has 7 nitrogen and oxygen atoms in total. The number of anilines is 1. The van der Waals surface area contributed by atoms with Crippen molar-refractivity contribution >= 4 is 17.9 Å². The van der Waals surface area contributed by atoms with Crippen LogP contribution in [0.15, 0.2) is 85.1 Å². The Morgan fingerprint density at radius 2 is 1.55 bits per heavy atom. The van der Waals surface area contributed by atoms with E-state index in [0.717, 1.165) is 46.2 Å². The van der Waals surface area contributed by atoms with Crippen molar-refractivity contribution in [2.75, 3.05) is 5.32 Å². The SMILES string of the molecule is C[C@@H](OC(=O)Nc1c(-c2ccc(-c3ccc(C4(C(=O)O)CC4)cc3)cc2)cnn1C1CC1)c1ccccc1. The fourth-order valence-corrected chi connectivity index (χ4v) is 4.95. The van der Waals surface area contributed by atoms with E-state index in [2.05, 4.69) is 10.4 Å². The minimum absolute atomic E-state index is 0.281. The van der Waals surface area contributed by atoms with Crippen LogP contribution in [0, 0.1) is 0 Å². The van der Waals surface area contributed by atoms with Crippen molar-refractivity contribution in [1.29, 1.82) is 0 Å². The Kier molecular flexibility index (Phi) is 5.98. The van der Waals surface area contributed by atoms with Gasteiger partial charge in [0.15, 0.2) is 0 Å². The van der Waals surface area contributed by atoms with Gasteiger partial charge >= 0.3 is 12.1 Å². The van der Waals surface area contributed by atoms with E-state index in [-0.39, 0.29) is 12.1 Å². The number of aliphatic carboxylic acids is 1. The summed E-state index contributed by atoms with van der Waals surface area (Å²) in [6, 6.07) is 25.8. The molecule has 1 aromatic heterocycles. The van der Waals surface area contributed by atoms with Crippen LogP contribution in [0.1, 0.15) is 55.9 Å². The zero-order valence-electron chi connectivity index (χ0n) is 21.1. The molecule has 1 atom stereocenters. The number of carbonyl (C=O) groups excluding carboxylic acids is 1. The maximum atomic E-state index is 12.8. The van der Waals surface area contributed by atoms with Crippen molar-refractivity contribution < 1.29 is 19.4 Å². The lowest BCUT2D eigenvalue weighted by atomic mass is 9.93. The molecule has 2 saturated carbocycles. The third-order valence-electron chi connectivity index (χ3n) is 7.59. The van der Waals surface area contributed by atoms with Crippen LogP contribution in [-0.2, 0) is 14.9 Å². The molecule has 6 rings (SSSR count). The minimum Gasteiger partial charge on any atom is -0.481 e. The van der Waals surface area contributed by atoms with Crippen LogP contribution < -0.4 is 5.32 Å². The average Bonchev–Trinajstić information content (AvgIpc) is 3.87. The van der Waals surface area contributed by atoms with Crippen molar-refractivity contribution in [1.82, 2.24) is 9.78 Å². The van der Waals surface area contributed by atoms with Crippen LogP contribution in [0.3, 0.4) is 0 Å². The van der Waals surface area contributed by atoms with E-state index in [4.69, 9.17) is 4.74 Å². The quantitative estimate of drug-likeness (QED) is 0.268. The summed E-state index contributed by atoms with van der Waals surface area (Å²) >= 11 is 0. The Hall–Kier alpha value is -4.39. The van der Waals surface area contributed by atoms with Gasteiger partial charge in [-0.2, -0.15) is 5.10 Å². The third kappa shape index (κ3) is 4.56. The Bertz CT molecular complexity index is 1470. The maximum absolute atomic E-state index is 12.8. The summed E-state index contributed by atoms with van der Waals surface area (Å²) in [7, 11) is 0. The molecule has 4 aromatic rings. The Morgan fingerprint density at radius 3 is 2.13 bits per heavy atom. The molecule has 3 aromatic carbocycles. The van der Waals surface area contributed by atoms with Crippen molar-refractivity contribution in [3.63, 3.8) is 0 Å². The second-order valence-corrected chi connectivity index (χ2v) is 10.2. The highest BCUT2D eigenvalue weighted by Crippen LogP contribution is 2.48. The monoisotopic (exact) mass is 507 g/mol. The van der Waals surface area contributed by atoms with Gasteiger partial charge in [0.25, 0.3) is 0 Å². The summed E-state index contributed by atoms with van der Waals surface area (Å²) in [5, 5.41) is 17.1. The highest BCUT2D eigenvalue weighted by Gasteiger charge is 2.51. The van der Waals surface area contributed by atoms with Crippen LogP contribution in [0.5, 0.6) is 0 Å². The first kappa shape index (κ1) is 24.0. The summed E-state index contributed by atoms with van der Waals surface area (Å²) in [4.78, 5) is 24.5. The molecule has 0 bridgehead atoms. The van der Waals surface area contributed by atoms with Crippen LogP contribution in [0.25, 0.3) is 22.3 Å². The van der Waals surface area contributed by atoms with Crippen molar-refractivity contribution in [3.8, 4) is 22.3 Å². The lowest BCUT2D eigenvalue weighted by Gasteiger charge is -2.16. The molecular formula is C31H29N3O4. The van der Waals surface area contributed by atoms with Gasteiger partial charge in [-0.25, -0.2) is 9.48 Å². The van der Waals surface area contributed by atoms with Gasteiger partial charge in [0, 0.05) is 5.56 Å². The standard InChI is InChI=1S/C31H29N3O4/c1-20(21-5-3-2-4-6-21)38-30(37)33-28-27(19-32-34(28)26-15-16-26)24-9-7-22(8-10-24)23-11-13-25(14-12-23)31(17-18-31)29(35)36/h2-14,19-20,26H,15-18H2,1H3,(H,33,37)(H,35,36)/t20-/m1/s1. The number of rotatable bonds is 8. The fourth-order valence-electron chi connectivity index (χ4n) is 4.95. The number of carboxylic acids is 1. The summed E-state index contributed by atoms with van der Waals surface area (Å²) < 4.78 is 7.54. The van der Waals surface area contributed by atoms with Crippen LogP contribution in [0.2, 0.25) is 0 Å². The van der Waals surface area contributed by atoms with Gasteiger partial charge < -0.3 is 9.84 Å². The predicted molar refractivity (Wildman–Crippen MR) is 145 cm³/mol. The molecule has 1 amide bonds. The fraction of sp³-hybridized carbons (Fsp3) is 0.258. The van der Waals surface area contributed by atoms with Gasteiger partial charge in [0.2, 0.25) is 0 Å². The van der Waals surface area contributed by atoms with Crippen molar-refractivity contribution in [2.24, 2.45) is 0 Å². The zero-order chi connectivity index (χ0) is 26.3. The van der Waals surface area contributed by atoms with Crippen LogP contribution in [0.4, 0.5) is 10.6 Å². The van der Waals surface area contributed by atoms with Gasteiger partial charge in [-0.15, -0.1) is 0 Å². The van der Waals surface area contributed by atoms with E-state index in [0.29, 0.717) is 18.7 Å². The van der Waals surface area contributed by atoms with Gasteiger partial charge in [-0.1, -0.05) is 78.9 Å². The number of amides is 1. The van der Waals surface area contributed by atoms with E-state index in [1.807, 2.05) is 90.5 Å². The smallest absolute Gasteiger partial charge is 0.413 e. The number of nitrogens with zero attached hydrogens (tertiary/aromatic N) is 2. The molecule has 2 N–H and O–H groups in total. The topological polar surface area (TPSA) is 93.4 Å². The average molecular weight is 508 g/mol. The number of ether oxygens (including phenoxy) is 1. The Balaban J connectivity index is 1.21. The zero-order valence-corrected chi connectivity index (χ0v) is 21.1. The van der Waals surface area contributed by atoms with Gasteiger partial charge in [0.1, 0.15) is 11.9 Å². The molecule has 0 unspecified atom stereocenters. The van der Waals surface area contributed by atoms with Gasteiger partial charge in [0.05, 0.1) is 17.7 Å². The van der Waals surface area contributed by atoms with E-state index in [1.165, 1.54) is 0 Å². The lowest BCUT2D eigenvalue weighted by molar-refractivity contribution is -0.140. The molecule has 0 spiro atoms. The first-order valence-corrected chi connectivity index (χ1v) is 13.0. The van der Waals surface area contributed by atoms with E-state index >= 15 is 0 Å². The molecule has 7 heteroatoms. The molecule has 192 valence electrons.